The average Bonchev–Trinajstić information content (AvgIpc) is 2.97. The number of nitrogens with zero attached hydrogens (tertiary/aromatic N) is 1. The van der Waals surface area contributed by atoms with Crippen LogP contribution < -0.4 is 10.5 Å². The molecule has 1 heterocycles. The van der Waals surface area contributed by atoms with Crippen LogP contribution in [0.2, 0.25) is 0 Å². The van der Waals surface area contributed by atoms with E-state index in [-0.39, 0.29) is 6.61 Å². The van der Waals surface area contributed by atoms with Crippen molar-refractivity contribution in [3.8, 4) is 29.5 Å². The summed E-state index contributed by atoms with van der Waals surface area (Å²) in [6.45, 7) is 0.228. The number of imidazole rings is 1. The van der Waals surface area contributed by atoms with Gasteiger partial charge in [-0.25, -0.2) is 4.98 Å². The third kappa shape index (κ3) is 2.50. The number of hydrogen-bond acceptors (Lipinski definition) is 3. The van der Waals surface area contributed by atoms with E-state index in [1.54, 1.807) is 12.1 Å². The SMILES string of the molecule is C#CCOc1ccc(-c2nc3c(C(N)=O)cccc3[nH]2)cc1. The molecule has 108 valence electrons. The topological polar surface area (TPSA) is 81.0 Å². The Bertz CT molecular complexity index is 873. The molecule has 0 aliphatic rings. The number of nitrogens with two attached hydrogens (primary N) is 1. The number of carbonyl (C=O) groups is 1. The molecule has 0 aliphatic carbocycles. The number of nitrogens with one attached hydrogen (secondary N) is 1. The van der Waals surface area contributed by atoms with Crippen molar-refractivity contribution in [2.45, 2.75) is 0 Å². The van der Waals surface area contributed by atoms with Crippen molar-refractivity contribution in [1.82, 2.24) is 9.97 Å². The third-order valence-corrected chi connectivity index (χ3v) is 3.23. The zero-order valence-corrected chi connectivity index (χ0v) is 11.7. The third-order valence-electron chi connectivity index (χ3n) is 3.23. The van der Waals surface area contributed by atoms with Crippen LogP contribution in [0.15, 0.2) is 42.5 Å². The predicted octanol–water partition coefficient (Wildman–Crippen LogP) is 2.34. The number of primary amides is 1. The van der Waals surface area contributed by atoms with Crippen molar-refractivity contribution in [2.75, 3.05) is 6.61 Å². The Kier molecular flexibility index (Phi) is 3.50. The fraction of sp³-hybridized carbons (Fsp3) is 0.0588. The minimum Gasteiger partial charge on any atom is -0.481 e. The largest absolute Gasteiger partial charge is 0.481 e. The minimum absolute atomic E-state index is 0.228. The second-order valence-corrected chi connectivity index (χ2v) is 4.67. The molecule has 0 unspecified atom stereocenters. The number of ether oxygens (including phenoxy) is 1. The Hall–Kier alpha value is -3.26. The Morgan fingerprint density at radius 1 is 1.27 bits per heavy atom. The molecule has 3 aromatic rings. The van der Waals surface area contributed by atoms with Gasteiger partial charge in [0, 0.05) is 5.56 Å². The van der Waals surface area contributed by atoms with E-state index in [9.17, 15) is 4.79 Å². The van der Waals surface area contributed by atoms with E-state index in [4.69, 9.17) is 16.9 Å². The van der Waals surface area contributed by atoms with E-state index in [1.165, 1.54) is 0 Å². The molecular weight excluding hydrogens is 278 g/mol. The van der Waals surface area contributed by atoms with Crippen LogP contribution in [0.3, 0.4) is 0 Å². The van der Waals surface area contributed by atoms with E-state index in [0.29, 0.717) is 22.7 Å². The second-order valence-electron chi connectivity index (χ2n) is 4.67. The molecule has 5 nitrogen and oxygen atoms in total. The van der Waals surface area contributed by atoms with Crippen molar-refractivity contribution in [2.24, 2.45) is 5.73 Å². The zero-order valence-electron chi connectivity index (χ0n) is 11.7. The van der Waals surface area contributed by atoms with Gasteiger partial charge in [0.15, 0.2) is 0 Å². The van der Waals surface area contributed by atoms with Crippen molar-refractivity contribution in [3.63, 3.8) is 0 Å². The van der Waals surface area contributed by atoms with E-state index in [0.717, 1.165) is 11.1 Å². The number of fused-ring (bicyclic) bond motifs is 1. The maximum Gasteiger partial charge on any atom is 0.250 e. The molecule has 0 aliphatic heterocycles. The van der Waals surface area contributed by atoms with Crippen LogP contribution in [0.25, 0.3) is 22.4 Å². The Labute approximate surface area is 127 Å². The van der Waals surface area contributed by atoms with Crippen LogP contribution in [0.5, 0.6) is 5.75 Å². The molecule has 1 amide bonds. The number of amides is 1. The van der Waals surface area contributed by atoms with Gasteiger partial charge in [-0.1, -0.05) is 12.0 Å². The van der Waals surface area contributed by atoms with Gasteiger partial charge in [0.2, 0.25) is 0 Å². The Morgan fingerprint density at radius 3 is 2.73 bits per heavy atom. The van der Waals surface area contributed by atoms with Crippen LogP contribution in [0, 0.1) is 12.3 Å². The molecule has 1 aromatic heterocycles. The summed E-state index contributed by atoms with van der Waals surface area (Å²) < 4.78 is 5.33. The fourth-order valence-corrected chi connectivity index (χ4v) is 2.20. The number of para-hydroxylation sites is 1. The fourth-order valence-electron chi connectivity index (χ4n) is 2.20. The van der Waals surface area contributed by atoms with Crippen molar-refractivity contribution in [1.29, 1.82) is 0 Å². The average molecular weight is 291 g/mol. The van der Waals surface area contributed by atoms with Gasteiger partial charge >= 0.3 is 0 Å². The van der Waals surface area contributed by atoms with E-state index in [2.05, 4.69) is 15.9 Å². The highest BCUT2D eigenvalue weighted by atomic mass is 16.5. The lowest BCUT2D eigenvalue weighted by atomic mass is 10.2. The first-order valence-corrected chi connectivity index (χ1v) is 6.64. The molecule has 0 spiro atoms. The standard InChI is InChI=1S/C17H13N3O2/c1-2-10-22-12-8-6-11(7-9-12)17-19-14-5-3-4-13(16(18)21)15(14)20-17/h1,3-9H,10H2,(H2,18,21)(H,19,20). The summed E-state index contributed by atoms with van der Waals surface area (Å²) in [5, 5.41) is 0. The second kappa shape index (κ2) is 5.62. The summed E-state index contributed by atoms with van der Waals surface area (Å²) in [5.74, 6) is 3.26. The lowest BCUT2D eigenvalue weighted by Gasteiger charge is -2.02. The number of carbonyl (C=O) groups excluding carboxylic acids is 1. The quantitative estimate of drug-likeness (QED) is 0.724. The highest BCUT2D eigenvalue weighted by Gasteiger charge is 2.12. The maximum absolute atomic E-state index is 11.4. The van der Waals surface area contributed by atoms with E-state index >= 15 is 0 Å². The summed E-state index contributed by atoms with van der Waals surface area (Å²) in [6, 6.07) is 12.6. The number of terminal acetylenes is 1. The predicted molar refractivity (Wildman–Crippen MR) is 84.4 cm³/mol. The molecular formula is C17H13N3O2. The number of aromatic amines is 1. The van der Waals surface area contributed by atoms with Crippen LogP contribution in [0.4, 0.5) is 0 Å². The normalized spacial score (nSPS) is 10.3. The first kappa shape index (κ1) is 13.7. The summed E-state index contributed by atoms with van der Waals surface area (Å²) in [5.41, 5.74) is 7.97. The van der Waals surface area contributed by atoms with E-state index in [1.807, 2.05) is 30.3 Å². The Balaban J connectivity index is 1.98. The lowest BCUT2D eigenvalue weighted by Crippen LogP contribution is -2.11. The molecule has 5 heteroatoms. The molecule has 22 heavy (non-hydrogen) atoms. The van der Waals surface area contributed by atoms with Crippen molar-refractivity contribution >= 4 is 16.9 Å². The van der Waals surface area contributed by atoms with Crippen LogP contribution in [-0.2, 0) is 0 Å². The molecule has 0 radical (unpaired) electrons. The van der Waals surface area contributed by atoms with Crippen LogP contribution in [0.1, 0.15) is 10.4 Å². The minimum atomic E-state index is -0.498. The molecule has 0 atom stereocenters. The number of aromatic nitrogens is 2. The molecule has 3 N–H and O–H groups in total. The molecule has 2 aromatic carbocycles. The Morgan fingerprint density at radius 2 is 2.05 bits per heavy atom. The van der Waals surface area contributed by atoms with Gasteiger partial charge in [0.05, 0.1) is 11.1 Å². The van der Waals surface area contributed by atoms with Gasteiger partial charge in [-0.15, -0.1) is 6.42 Å². The number of hydrogen-bond donors (Lipinski definition) is 2. The smallest absolute Gasteiger partial charge is 0.250 e. The van der Waals surface area contributed by atoms with Gasteiger partial charge in [-0.3, -0.25) is 4.79 Å². The summed E-state index contributed by atoms with van der Waals surface area (Å²) in [4.78, 5) is 19.1. The van der Waals surface area contributed by atoms with Gasteiger partial charge in [0.1, 0.15) is 23.7 Å². The lowest BCUT2D eigenvalue weighted by molar-refractivity contribution is 0.100. The molecule has 0 saturated heterocycles. The first-order valence-electron chi connectivity index (χ1n) is 6.64. The van der Waals surface area contributed by atoms with Gasteiger partial charge in [-0.05, 0) is 36.4 Å². The van der Waals surface area contributed by atoms with Gasteiger partial charge in [0.25, 0.3) is 5.91 Å². The molecule has 0 fully saturated rings. The summed E-state index contributed by atoms with van der Waals surface area (Å²) >= 11 is 0. The highest BCUT2D eigenvalue weighted by molar-refractivity contribution is 6.04. The van der Waals surface area contributed by atoms with Crippen molar-refractivity contribution < 1.29 is 9.53 Å². The number of H-pyrrole nitrogens is 1. The summed E-state index contributed by atoms with van der Waals surface area (Å²) in [6.07, 6.45) is 5.15. The van der Waals surface area contributed by atoms with Crippen LogP contribution >= 0.6 is 0 Å². The number of benzene rings is 2. The van der Waals surface area contributed by atoms with Crippen molar-refractivity contribution in [3.05, 3.63) is 48.0 Å². The van der Waals surface area contributed by atoms with E-state index < -0.39 is 5.91 Å². The maximum atomic E-state index is 11.4. The molecule has 0 bridgehead atoms. The monoisotopic (exact) mass is 291 g/mol. The van der Waals surface area contributed by atoms with Crippen LogP contribution in [-0.4, -0.2) is 22.5 Å². The van der Waals surface area contributed by atoms with Gasteiger partial charge < -0.3 is 15.5 Å². The summed E-state index contributed by atoms with van der Waals surface area (Å²) in [7, 11) is 0. The highest BCUT2D eigenvalue weighted by Crippen LogP contribution is 2.24. The zero-order chi connectivity index (χ0) is 15.5. The first-order chi connectivity index (χ1) is 10.7. The molecule has 3 rings (SSSR count). The van der Waals surface area contributed by atoms with Gasteiger partial charge in [-0.2, -0.15) is 0 Å². The molecule has 0 saturated carbocycles. The number of rotatable bonds is 4.